The first-order valence-electron chi connectivity index (χ1n) is 1.81. The Morgan fingerprint density at radius 2 is 2.57 bits per heavy atom. The summed E-state index contributed by atoms with van der Waals surface area (Å²) in [5, 5.41) is 4.25. The van der Waals surface area contributed by atoms with E-state index in [1.807, 2.05) is 0 Å². The van der Waals surface area contributed by atoms with Crippen molar-refractivity contribution >= 4 is 12.6 Å². The minimum absolute atomic E-state index is 0.528. The second-order valence-corrected chi connectivity index (χ2v) is 1.53. The van der Waals surface area contributed by atoms with Crippen molar-refractivity contribution in [1.29, 1.82) is 0 Å². The van der Waals surface area contributed by atoms with Crippen molar-refractivity contribution in [2.24, 2.45) is 7.05 Å². The molecule has 7 heavy (non-hydrogen) atoms. The van der Waals surface area contributed by atoms with E-state index >= 15 is 0 Å². The van der Waals surface area contributed by atoms with Gasteiger partial charge in [0, 0.05) is 7.05 Å². The van der Waals surface area contributed by atoms with Crippen molar-refractivity contribution in [1.82, 2.24) is 14.8 Å². The summed E-state index contributed by atoms with van der Waals surface area (Å²) in [5.74, 6) is 0. The van der Waals surface area contributed by atoms with Gasteiger partial charge in [0.1, 0.15) is 6.33 Å². The molecule has 0 saturated carbocycles. The molecule has 3 nitrogen and oxygen atoms in total. The van der Waals surface area contributed by atoms with Gasteiger partial charge in [0.15, 0.2) is 0 Å². The summed E-state index contributed by atoms with van der Waals surface area (Å²) in [6.45, 7) is 0. The summed E-state index contributed by atoms with van der Waals surface area (Å²) in [4.78, 5) is 3.68. The van der Waals surface area contributed by atoms with E-state index in [1.54, 1.807) is 7.05 Å². The summed E-state index contributed by atoms with van der Waals surface area (Å²) in [7, 11) is 1.76. The van der Waals surface area contributed by atoms with E-state index in [0.29, 0.717) is 5.16 Å². The average Bonchev–Trinajstić information content (AvgIpc) is 1.91. The fourth-order valence-electron chi connectivity index (χ4n) is 0.286. The normalized spacial score (nSPS) is 9.29. The van der Waals surface area contributed by atoms with Crippen LogP contribution in [0.3, 0.4) is 0 Å². The molecule has 0 aromatic carbocycles. The molecule has 0 saturated heterocycles. The maximum Gasteiger partial charge on any atom is 0.217 e. The summed E-state index contributed by atoms with van der Waals surface area (Å²) in [5.41, 5.74) is 0. The van der Waals surface area contributed by atoms with Crippen LogP contribution >= 0.6 is 12.6 Å². The van der Waals surface area contributed by atoms with E-state index in [-0.39, 0.29) is 0 Å². The predicted octanol–water partition coefficient (Wildman–Crippen LogP) is 0.372. The standard InChI is InChI=1S/C3H4N3S/c1-6-3(7)4-2-5-6/h2H,1H3. The Hall–Kier alpha value is -0.640. The Bertz CT molecular complexity index is 142. The van der Waals surface area contributed by atoms with Gasteiger partial charge in [-0.25, -0.2) is 9.67 Å². The average molecular weight is 114 g/mol. The molecular formula is C3H4N3S. The van der Waals surface area contributed by atoms with Crippen molar-refractivity contribution in [2.45, 2.75) is 5.16 Å². The molecule has 0 aliphatic carbocycles. The molecule has 0 fully saturated rings. The smallest absolute Gasteiger partial charge is 0.217 e. The molecule has 0 atom stereocenters. The third-order valence-electron chi connectivity index (χ3n) is 0.670. The third-order valence-corrected chi connectivity index (χ3v) is 1.04. The van der Waals surface area contributed by atoms with Crippen molar-refractivity contribution < 1.29 is 0 Å². The van der Waals surface area contributed by atoms with Crippen LogP contribution in [0.5, 0.6) is 0 Å². The van der Waals surface area contributed by atoms with Crippen LogP contribution in [0, 0.1) is 0 Å². The molecule has 0 N–H and O–H groups in total. The number of rotatable bonds is 0. The zero-order chi connectivity index (χ0) is 5.28. The zero-order valence-corrected chi connectivity index (χ0v) is 4.64. The monoisotopic (exact) mass is 114 g/mol. The highest BCUT2D eigenvalue weighted by Gasteiger charge is 1.88. The van der Waals surface area contributed by atoms with Gasteiger partial charge >= 0.3 is 0 Å². The molecule has 0 spiro atoms. The van der Waals surface area contributed by atoms with Gasteiger partial charge in [-0.2, -0.15) is 5.10 Å². The Labute approximate surface area is 46.8 Å². The van der Waals surface area contributed by atoms with Crippen molar-refractivity contribution in [2.75, 3.05) is 0 Å². The van der Waals surface area contributed by atoms with Gasteiger partial charge in [0.05, 0.1) is 0 Å². The number of aryl methyl sites for hydroxylation is 1. The fourth-order valence-corrected chi connectivity index (χ4v) is 0.380. The van der Waals surface area contributed by atoms with Crippen LogP contribution in [-0.2, 0) is 7.05 Å². The van der Waals surface area contributed by atoms with Crippen LogP contribution in [-0.4, -0.2) is 14.8 Å². The molecule has 0 bridgehead atoms. The summed E-state index contributed by atoms with van der Waals surface area (Å²) >= 11 is 4.68. The summed E-state index contributed by atoms with van der Waals surface area (Å²) < 4.78 is 1.54. The highest BCUT2D eigenvalue weighted by molar-refractivity contribution is 7.80. The number of hydrogen-bond acceptors (Lipinski definition) is 2. The van der Waals surface area contributed by atoms with Gasteiger partial charge in [0.2, 0.25) is 5.16 Å². The van der Waals surface area contributed by atoms with Crippen molar-refractivity contribution in [3.05, 3.63) is 6.33 Å². The Kier molecular flexibility index (Phi) is 0.941. The molecule has 1 aromatic rings. The molecule has 1 rings (SSSR count). The Morgan fingerprint density at radius 3 is 2.71 bits per heavy atom. The number of aromatic nitrogens is 3. The first-order valence-corrected chi connectivity index (χ1v) is 2.22. The van der Waals surface area contributed by atoms with Gasteiger partial charge in [-0.1, -0.05) is 0 Å². The first kappa shape index (κ1) is 4.52. The van der Waals surface area contributed by atoms with E-state index in [4.69, 9.17) is 0 Å². The lowest BCUT2D eigenvalue weighted by molar-refractivity contribution is 0.687. The minimum Gasteiger partial charge on any atom is -0.240 e. The highest BCUT2D eigenvalue weighted by Crippen LogP contribution is 1.92. The lowest BCUT2D eigenvalue weighted by Gasteiger charge is -1.82. The van der Waals surface area contributed by atoms with E-state index < -0.39 is 0 Å². The Morgan fingerprint density at radius 1 is 1.86 bits per heavy atom. The van der Waals surface area contributed by atoms with Gasteiger partial charge in [-0.15, -0.1) is 0 Å². The van der Waals surface area contributed by atoms with Crippen LogP contribution in [0.4, 0.5) is 0 Å². The van der Waals surface area contributed by atoms with Crippen molar-refractivity contribution in [3.8, 4) is 0 Å². The van der Waals surface area contributed by atoms with Gasteiger partial charge in [-0.05, 0) is 12.6 Å². The van der Waals surface area contributed by atoms with Crippen LogP contribution in [0.25, 0.3) is 0 Å². The van der Waals surface area contributed by atoms with Crippen LogP contribution in [0.2, 0.25) is 0 Å². The van der Waals surface area contributed by atoms with Gasteiger partial charge in [-0.3, -0.25) is 0 Å². The van der Waals surface area contributed by atoms with E-state index in [2.05, 4.69) is 22.7 Å². The molecular weight excluding hydrogens is 110 g/mol. The van der Waals surface area contributed by atoms with Gasteiger partial charge < -0.3 is 0 Å². The lowest BCUT2D eigenvalue weighted by atomic mass is 11.2. The summed E-state index contributed by atoms with van der Waals surface area (Å²) in [6.07, 6.45) is 1.43. The topological polar surface area (TPSA) is 30.7 Å². The molecule has 0 aliphatic heterocycles. The molecule has 1 aromatic heterocycles. The summed E-state index contributed by atoms with van der Waals surface area (Å²) in [6, 6.07) is 0. The maximum absolute atomic E-state index is 4.68. The van der Waals surface area contributed by atoms with E-state index in [1.165, 1.54) is 11.0 Å². The second-order valence-electron chi connectivity index (χ2n) is 1.17. The zero-order valence-electron chi connectivity index (χ0n) is 3.83. The van der Waals surface area contributed by atoms with Crippen molar-refractivity contribution in [3.63, 3.8) is 0 Å². The minimum atomic E-state index is 0.528. The molecule has 0 unspecified atom stereocenters. The van der Waals surface area contributed by atoms with E-state index in [9.17, 15) is 0 Å². The first-order chi connectivity index (χ1) is 3.30. The Balaban J connectivity index is 3.12. The molecule has 1 radical (unpaired) electrons. The van der Waals surface area contributed by atoms with Gasteiger partial charge in [0.25, 0.3) is 0 Å². The largest absolute Gasteiger partial charge is 0.240 e. The molecule has 37 valence electrons. The predicted molar refractivity (Wildman–Crippen MR) is 26.9 cm³/mol. The molecule has 1 heterocycles. The van der Waals surface area contributed by atoms with Crippen LogP contribution in [0.15, 0.2) is 11.5 Å². The second kappa shape index (κ2) is 1.46. The quantitative estimate of drug-likeness (QED) is 0.488. The fraction of sp³-hybridized carbons (Fsp3) is 0.333. The SMILES string of the molecule is Cn1ncnc1[S]. The maximum atomic E-state index is 4.68. The molecule has 0 amide bonds. The van der Waals surface area contributed by atoms with E-state index in [0.717, 1.165) is 0 Å². The number of hydrogen-bond donors (Lipinski definition) is 0. The lowest BCUT2D eigenvalue weighted by Crippen LogP contribution is -1.88. The van der Waals surface area contributed by atoms with Crippen LogP contribution in [0.1, 0.15) is 0 Å². The highest BCUT2D eigenvalue weighted by atomic mass is 32.1. The van der Waals surface area contributed by atoms with Crippen LogP contribution < -0.4 is 0 Å². The third kappa shape index (κ3) is 0.691. The molecule has 0 aliphatic rings. The molecule has 4 heteroatoms. The number of nitrogens with zero attached hydrogens (tertiary/aromatic N) is 3.